The molecule has 5 atom stereocenters. The Hall–Kier alpha value is -2.14. The van der Waals surface area contributed by atoms with Crippen LogP contribution in [0.2, 0.25) is 0 Å². The van der Waals surface area contributed by atoms with Crippen molar-refractivity contribution < 1.29 is 41.0 Å². The van der Waals surface area contributed by atoms with Crippen molar-refractivity contribution in [2.24, 2.45) is 40.5 Å². The maximum absolute atomic E-state index is 13.7. The lowest BCUT2D eigenvalue weighted by molar-refractivity contribution is -0.183. The van der Waals surface area contributed by atoms with Crippen LogP contribution in [0.1, 0.15) is 65.2 Å². The minimum Gasteiger partial charge on any atom is -0.481 e. The van der Waals surface area contributed by atoms with Crippen LogP contribution in [0.3, 0.4) is 0 Å². The number of carboxylic acid groups (broad SMARTS) is 1. The standard InChI is InChI=1S/C24H35F6N3O3/c1-12-10-15(6-9-17(12)22(35)36)13(2)33-21(34)19(20(32-3)24(28,29)30)18(31)11-14-4-7-16(8-5-14)23(25,26)27/h12-17,19,31H,4-11H2,1-3H3,(H,33,34)(H,35,36). The van der Waals surface area contributed by atoms with E-state index in [0.717, 1.165) is 7.05 Å². The van der Waals surface area contributed by atoms with Crippen LogP contribution in [0.15, 0.2) is 4.99 Å². The largest absolute Gasteiger partial charge is 0.481 e. The minimum absolute atomic E-state index is 0.118. The van der Waals surface area contributed by atoms with Gasteiger partial charge in [0.25, 0.3) is 0 Å². The molecule has 2 aliphatic carbocycles. The molecule has 0 aromatic carbocycles. The zero-order valence-electron chi connectivity index (χ0n) is 20.7. The second kappa shape index (κ2) is 11.9. The topological polar surface area (TPSA) is 103 Å². The van der Waals surface area contributed by atoms with Crippen LogP contribution in [0, 0.1) is 40.9 Å². The fraction of sp³-hybridized carbons (Fsp3) is 0.833. The molecule has 5 unspecified atom stereocenters. The van der Waals surface area contributed by atoms with E-state index in [0.29, 0.717) is 19.3 Å². The molecule has 206 valence electrons. The highest BCUT2D eigenvalue weighted by atomic mass is 19.4. The summed E-state index contributed by atoms with van der Waals surface area (Å²) in [6.07, 6.45) is -8.21. The van der Waals surface area contributed by atoms with E-state index in [-0.39, 0.29) is 43.9 Å². The van der Waals surface area contributed by atoms with Crippen molar-refractivity contribution in [3.05, 3.63) is 0 Å². The Morgan fingerprint density at radius 3 is 2.08 bits per heavy atom. The summed E-state index contributed by atoms with van der Waals surface area (Å²) in [5.41, 5.74) is -1.93. The summed E-state index contributed by atoms with van der Waals surface area (Å²) < 4.78 is 80.0. The molecular formula is C24H35F6N3O3. The molecule has 6 nitrogen and oxygen atoms in total. The fourth-order valence-corrected chi connectivity index (χ4v) is 5.67. The van der Waals surface area contributed by atoms with E-state index < -0.39 is 65.4 Å². The van der Waals surface area contributed by atoms with E-state index in [2.05, 4.69) is 10.3 Å². The van der Waals surface area contributed by atoms with E-state index >= 15 is 0 Å². The third kappa shape index (κ3) is 7.68. The summed E-state index contributed by atoms with van der Waals surface area (Å²) in [4.78, 5) is 27.7. The Kier molecular flexibility index (Phi) is 9.98. The number of hydrogen-bond acceptors (Lipinski definition) is 4. The van der Waals surface area contributed by atoms with Gasteiger partial charge in [0.15, 0.2) is 0 Å². The number of nitrogens with zero attached hydrogens (tertiary/aromatic N) is 1. The molecular weight excluding hydrogens is 492 g/mol. The van der Waals surface area contributed by atoms with Gasteiger partial charge in [0.2, 0.25) is 5.91 Å². The summed E-state index contributed by atoms with van der Waals surface area (Å²) >= 11 is 0. The van der Waals surface area contributed by atoms with E-state index in [1.807, 2.05) is 0 Å². The maximum Gasteiger partial charge on any atom is 0.430 e. The number of carboxylic acids is 1. The first-order chi connectivity index (χ1) is 16.6. The van der Waals surface area contributed by atoms with Crippen LogP contribution in [0.5, 0.6) is 0 Å². The highest BCUT2D eigenvalue weighted by Gasteiger charge is 2.47. The van der Waals surface area contributed by atoms with Crippen molar-refractivity contribution in [3.63, 3.8) is 0 Å². The van der Waals surface area contributed by atoms with Gasteiger partial charge in [-0.3, -0.25) is 14.6 Å². The Bertz CT molecular complexity index is 834. The number of nitrogens with one attached hydrogen (secondary N) is 2. The highest BCUT2D eigenvalue weighted by molar-refractivity contribution is 6.22. The van der Waals surface area contributed by atoms with Gasteiger partial charge in [0, 0.05) is 18.8 Å². The third-order valence-electron chi connectivity index (χ3n) is 7.84. The highest BCUT2D eigenvalue weighted by Crippen LogP contribution is 2.41. The number of carbonyl (C=O) groups is 2. The summed E-state index contributed by atoms with van der Waals surface area (Å²) in [6.45, 7) is 3.43. The van der Waals surface area contributed by atoms with E-state index in [1.54, 1.807) is 13.8 Å². The molecule has 0 aromatic heterocycles. The first kappa shape index (κ1) is 30.1. The number of hydrogen-bond donors (Lipinski definition) is 3. The van der Waals surface area contributed by atoms with Crippen LogP contribution >= 0.6 is 0 Å². The molecule has 0 radical (unpaired) electrons. The number of aliphatic imine (C=N–C) groups is 1. The fourth-order valence-electron chi connectivity index (χ4n) is 5.67. The molecule has 0 aromatic rings. The third-order valence-corrected chi connectivity index (χ3v) is 7.84. The van der Waals surface area contributed by atoms with Crippen molar-refractivity contribution in [1.82, 2.24) is 5.32 Å². The van der Waals surface area contributed by atoms with Gasteiger partial charge >= 0.3 is 18.3 Å². The summed E-state index contributed by atoms with van der Waals surface area (Å²) in [6, 6.07) is -0.557. The lowest BCUT2D eigenvalue weighted by Gasteiger charge is -2.36. The predicted molar refractivity (Wildman–Crippen MR) is 122 cm³/mol. The van der Waals surface area contributed by atoms with Crippen LogP contribution < -0.4 is 5.32 Å². The Balaban J connectivity index is 2.12. The number of alkyl halides is 6. The van der Waals surface area contributed by atoms with Gasteiger partial charge in [-0.25, -0.2) is 0 Å². The average Bonchev–Trinajstić information content (AvgIpc) is 2.75. The number of amides is 1. The van der Waals surface area contributed by atoms with Gasteiger partial charge in [0.05, 0.1) is 11.8 Å². The van der Waals surface area contributed by atoms with E-state index in [4.69, 9.17) is 5.41 Å². The van der Waals surface area contributed by atoms with Crippen molar-refractivity contribution in [1.29, 1.82) is 5.41 Å². The Labute approximate surface area is 206 Å². The monoisotopic (exact) mass is 527 g/mol. The normalized spacial score (nSPS) is 29.8. The quantitative estimate of drug-likeness (QED) is 0.281. The molecule has 1 amide bonds. The predicted octanol–water partition coefficient (Wildman–Crippen LogP) is 5.66. The zero-order valence-corrected chi connectivity index (χ0v) is 20.7. The van der Waals surface area contributed by atoms with E-state index in [9.17, 15) is 41.0 Å². The lowest BCUT2D eigenvalue weighted by Crippen LogP contribution is -2.50. The average molecular weight is 528 g/mol. The van der Waals surface area contributed by atoms with Gasteiger partial charge in [0.1, 0.15) is 11.6 Å². The molecule has 0 saturated heterocycles. The first-order valence-corrected chi connectivity index (χ1v) is 12.3. The van der Waals surface area contributed by atoms with Crippen molar-refractivity contribution >= 4 is 23.3 Å². The first-order valence-electron chi connectivity index (χ1n) is 12.3. The molecule has 3 N–H and O–H groups in total. The molecule has 2 rings (SSSR count). The van der Waals surface area contributed by atoms with Crippen LogP contribution in [-0.2, 0) is 9.59 Å². The second-order valence-corrected chi connectivity index (χ2v) is 10.3. The molecule has 0 bridgehead atoms. The van der Waals surface area contributed by atoms with Gasteiger partial charge in [-0.05, 0) is 76.0 Å². The molecule has 2 fully saturated rings. The molecule has 0 aliphatic heterocycles. The van der Waals surface area contributed by atoms with Gasteiger partial charge < -0.3 is 15.8 Å². The summed E-state index contributed by atoms with van der Waals surface area (Å²) in [7, 11) is 0.892. The smallest absolute Gasteiger partial charge is 0.430 e. The van der Waals surface area contributed by atoms with Gasteiger partial charge in [-0.1, -0.05) is 6.92 Å². The summed E-state index contributed by atoms with van der Waals surface area (Å²) in [5, 5.41) is 20.3. The Morgan fingerprint density at radius 2 is 1.64 bits per heavy atom. The van der Waals surface area contributed by atoms with Crippen LogP contribution in [0.25, 0.3) is 0 Å². The summed E-state index contributed by atoms with van der Waals surface area (Å²) in [5.74, 6) is -6.60. The molecule has 12 heteroatoms. The minimum atomic E-state index is -4.96. The van der Waals surface area contributed by atoms with Crippen LogP contribution in [0.4, 0.5) is 26.3 Å². The molecule has 0 heterocycles. The van der Waals surface area contributed by atoms with Crippen molar-refractivity contribution in [3.8, 4) is 0 Å². The van der Waals surface area contributed by atoms with Crippen molar-refractivity contribution in [2.75, 3.05) is 7.05 Å². The maximum atomic E-state index is 13.7. The number of halogens is 6. The zero-order chi connectivity index (χ0) is 27.4. The SMILES string of the molecule is CN=C(C(C(=N)CC1CCC(C(F)(F)F)CC1)C(=O)NC(C)C1CCC(C(=O)O)C(C)C1)C(F)(F)F. The number of aliphatic carboxylic acids is 1. The van der Waals surface area contributed by atoms with Gasteiger partial charge in [-0.15, -0.1) is 0 Å². The second-order valence-electron chi connectivity index (χ2n) is 10.3. The number of rotatable bonds is 8. The van der Waals surface area contributed by atoms with Crippen LogP contribution in [-0.4, -0.2) is 53.8 Å². The van der Waals surface area contributed by atoms with Gasteiger partial charge in [-0.2, -0.15) is 26.3 Å². The molecule has 2 saturated carbocycles. The van der Waals surface area contributed by atoms with E-state index in [1.165, 1.54) is 0 Å². The molecule has 0 spiro atoms. The Morgan fingerprint density at radius 1 is 1.06 bits per heavy atom. The molecule has 36 heavy (non-hydrogen) atoms. The molecule has 2 aliphatic rings. The number of carbonyl (C=O) groups excluding carboxylic acids is 1. The van der Waals surface area contributed by atoms with Crippen molar-refractivity contribution in [2.45, 2.75) is 83.6 Å². The lowest BCUT2D eigenvalue weighted by atomic mass is 9.72.